The standard InChI is InChI=1S/C13H25N3O2.ClH/c1-3-4-6-11(9-14)15-13(18)12-7-5-8-16(12)10(2)17;/h11-12H,3-9,14H2,1-2H3,(H,15,18);1H. The summed E-state index contributed by atoms with van der Waals surface area (Å²) in [6, 6.07) is -0.259. The Kier molecular flexibility index (Phi) is 8.76. The normalized spacial score (nSPS) is 19.7. The maximum atomic E-state index is 12.1. The molecule has 2 unspecified atom stereocenters. The van der Waals surface area contributed by atoms with Gasteiger partial charge in [0.15, 0.2) is 0 Å². The minimum Gasteiger partial charge on any atom is -0.350 e. The molecule has 0 aromatic heterocycles. The van der Waals surface area contributed by atoms with Crippen molar-refractivity contribution in [1.29, 1.82) is 0 Å². The number of rotatable bonds is 6. The van der Waals surface area contributed by atoms with Crippen LogP contribution in [0.15, 0.2) is 0 Å². The number of carbonyl (C=O) groups is 2. The molecule has 1 saturated heterocycles. The molecule has 1 heterocycles. The van der Waals surface area contributed by atoms with Crippen molar-refractivity contribution in [2.45, 2.75) is 58.0 Å². The highest BCUT2D eigenvalue weighted by Crippen LogP contribution is 2.17. The molecule has 2 amide bonds. The first-order chi connectivity index (χ1) is 8.60. The summed E-state index contributed by atoms with van der Waals surface area (Å²) < 4.78 is 0. The fourth-order valence-electron chi connectivity index (χ4n) is 2.41. The highest BCUT2D eigenvalue weighted by molar-refractivity contribution is 5.87. The molecule has 2 atom stereocenters. The number of hydrogen-bond donors (Lipinski definition) is 2. The van der Waals surface area contributed by atoms with Gasteiger partial charge in [0, 0.05) is 26.1 Å². The van der Waals surface area contributed by atoms with Gasteiger partial charge >= 0.3 is 0 Å². The van der Waals surface area contributed by atoms with Crippen LogP contribution in [0.2, 0.25) is 0 Å². The number of nitrogens with one attached hydrogen (secondary N) is 1. The average Bonchev–Trinajstić information content (AvgIpc) is 2.83. The van der Waals surface area contributed by atoms with Crippen molar-refractivity contribution >= 4 is 24.2 Å². The molecular formula is C13H26ClN3O2. The summed E-state index contributed by atoms with van der Waals surface area (Å²) in [6.45, 7) is 4.78. The van der Waals surface area contributed by atoms with Gasteiger partial charge in [0.05, 0.1) is 0 Å². The molecule has 0 aromatic carbocycles. The van der Waals surface area contributed by atoms with Gasteiger partial charge in [0.1, 0.15) is 6.04 Å². The van der Waals surface area contributed by atoms with Crippen LogP contribution in [0.4, 0.5) is 0 Å². The number of hydrogen-bond acceptors (Lipinski definition) is 3. The largest absolute Gasteiger partial charge is 0.350 e. The third-order valence-electron chi connectivity index (χ3n) is 3.50. The van der Waals surface area contributed by atoms with Crippen LogP contribution in [0.1, 0.15) is 46.0 Å². The topological polar surface area (TPSA) is 75.4 Å². The number of nitrogens with zero attached hydrogens (tertiary/aromatic N) is 1. The van der Waals surface area contributed by atoms with E-state index in [-0.39, 0.29) is 36.3 Å². The van der Waals surface area contributed by atoms with Crippen LogP contribution < -0.4 is 11.1 Å². The molecule has 0 radical (unpaired) electrons. The van der Waals surface area contributed by atoms with E-state index in [0.29, 0.717) is 13.1 Å². The summed E-state index contributed by atoms with van der Waals surface area (Å²) in [4.78, 5) is 25.2. The molecule has 6 heteroatoms. The molecule has 0 bridgehead atoms. The Bertz CT molecular complexity index is 300. The Hall–Kier alpha value is -0.810. The zero-order valence-corrected chi connectivity index (χ0v) is 12.7. The Morgan fingerprint density at radius 2 is 2.16 bits per heavy atom. The molecule has 1 fully saturated rings. The zero-order valence-electron chi connectivity index (χ0n) is 11.9. The van der Waals surface area contributed by atoms with Gasteiger partial charge in [-0.15, -0.1) is 12.4 Å². The van der Waals surface area contributed by atoms with Crippen molar-refractivity contribution in [3.8, 4) is 0 Å². The first-order valence-corrected chi connectivity index (χ1v) is 6.87. The van der Waals surface area contributed by atoms with Crippen molar-refractivity contribution in [3.05, 3.63) is 0 Å². The van der Waals surface area contributed by atoms with Crippen LogP contribution in [-0.4, -0.2) is 41.9 Å². The number of carbonyl (C=O) groups excluding carboxylic acids is 2. The van der Waals surface area contributed by atoms with Crippen molar-refractivity contribution in [1.82, 2.24) is 10.2 Å². The van der Waals surface area contributed by atoms with Crippen molar-refractivity contribution < 1.29 is 9.59 Å². The predicted octanol–water partition coefficient (Wildman–Crippen LogP) is 1.05. The van der Waals surface area contributed by atoms with Gasteiger partial charge in [0.2, 0.25) is 11.8 Å². The summed E-state index contributed by atoms with van der Waals surface area (Å²) in [7, 11) is 0. The molecule has 0 aromatic rings. The maximum absolute atomic E-state index is 12.1. The van der Waals surface area contributed by atoms with Gasteiger partial charge in [-0.1, -0.05) is 19.8 Å². The molecule has 1 aliphatic heterocycles. The molecule has 112 valence electrons. The summed E-state index contributed by atoms with van der Waals surface area (Å²) in [6.07, 6.45) is 4.72. The van der Waals surface area contributed by atoms with Gasteiger partial charge in [-0.2, -0.15) is 0 Å². The van der Waals surface area contributed by atoms with Crippen LogP contribution in [0.25, 0.3) is 0 Å². The molecule has 0 aliphatic carbocycles. The van der Waals surface area contributed by atoms with E-state index in [1.165, 1.54) is 6.92 Å². The quantitative estimate of drug-likeness (QED) is 0.768. The zero-order chi connectivity index (χ0) is 13.5. The summed E-state index contributed by atoms with van der Waals surface area (Å²) in [5, 5.41) is 2.97. The lowest BCUT2D eigenvalue weighted by Gasteiger charge is -2.25. The first kappa shape index (κ1) is 18.2. The van der Waals surface area contributed by atoms with Gasteiger partial charge in [-0.05, 0) is 19.3 Å². The van der Waals surface area contributed by atoms with E-state index >= 15 is 0 Å². The predicted molar refractivity (Wildman–Crippen MR) is 78.2 cm³/mol. The van der Waals surface area contributed by atoms with E-state index in [2.05, 4.69) is 12.2 Å². The van der Waals surface area contributed by atoms with E-state index in [1.54, 1.807) is 4.90 Å². The van der Waals surface area contributed by atoms with E-state index < -0.39 is 0 Å². The van der Waals surface area contributed by atoms with E-state index in [9.17, 15) is 9.59 Å². The third-order valence-corrected chi connectivity index (χ3v) is 3.50. The third kappa shape index (κ3) is 5.37. The Morgan fingerprint density at radius 3 is 2.68 bits per heavy atom. The molecule has 1 rings (SSSR count). The number of unbranched alkanes of at least 4 members (excludes halogenated alkanes) is 1. The smallest absolute Gasteiger partial charge is 0.243 e. The highest BCUT2D eigenvalue weighted by Gasteiger charge is 2.32. The van der Waals surface area contributed by atoms with Crippen LogP contribution in [0.3, 0.4) is 0 Å². The minimum absolute atomic E-state index is 0. The second-order valence-corrected chi connectivity index (χ2v) is 4.95. The molecular weight excluding hydrogens is 266 g/mol. The lowest BCUT2D eigenvalue weighted by atomic mass is 10.1. The van der Waals surface area contributed by atoms with Crippen LogP contribution in [0, 0.1) is 0 Å². The summed E-state index contributed by atoms with van der Waals surface area (Å²) in [5.41, 5.74) is 5.66. The van der Waals surface area contributed by atoms with Crippen LogP contribution >= 0.6 is 12.4 Å². The van der Waals surface area contributed by atoms with Gasteiger partial charge in [-0.25, -0.2) is 0 Å². The first-order valence-electron chi connectivity index (χ1n) is 6.87. The molecule has 3 N–H and O–H groups in total. The number of halogens is 1. The van der Waals surface area contributed by atoms with E-state index in [0.717, 1.165) is 32.1 Å². The average molecular weight is 292 g/mol. The van der Waals surface area contributed by atoms with Crippen molar-refractivity contribution in [3.63, 3.8) is 0 Å². The number of amides is 2. The number of likely N-dealkylation sites (tertiary alicyclic amines) is 1. The molecule has 5 nitrogen and oxygen atoms in total. The molecule has 0 spiro atoms. The second kappa shape index (κ2) is 9.15. The SMILES string of the molecule is CCCCC(CN)NC(=O)C1CCCN1C(C)=O.Cl. The summed E-state index contributed by atoms with van der Waals surface area (Å²) in [5.74, 6) is -0.0697. The minimum atomic E-state index is -0.293. The molecule has 19 heavy (non-hydrogen) atoms. The van der Waals surface area contributed by atoms with E-state index in [1.807, 2.05) is 0 Å². The second-order valence-electron chi connectivity index (χ2n) is 4.95. The van der Waals surface area contributed by atoms with Crippen molar-refractivity contribution in [2.75, 3.05) is 13.1 Å². The Labute approximate surface area is 121 Å². The monoisotopic (exact) mass is 291 g/mol. The lowest BCUT2D eigenvalue weighted by Crippen LogP contribution is -2.50. The Balaban J connectivity index is 0.00000324. The maximum Gasteiger partial charge on any atom is 0.243 e. The Morgan fingerprint density at radius 1 is 1.47 bits per heavy atom. The lowest BCUT2D eigenvalue weighted by molar-refractivity contribution is -0.137. The molecule has 1 aliphatic rings. The summed E-state index contributed by atoms with van der Waals surface area (Å²) >= 11 is 0. The molecule has 0 saturated carbocycles. The van der Waals surface area contributed by atoms with E-state index in [4.69, 9.17) is 5.73 Å². The van der Waals surface area contributed by atoms with Gasteiger partial charge < -0.3 is 16.0 Å². The number of nitrogens with two attached hydrogens (primary N) is 1. The van der Waals surface area contributed by atoms with Gasteiger partial charge in [-0.3, -0.25) is 9.59 Å². The fraction of sp³-hybridized carbons (Fsp3) is 0.846. The fourth-order valence-corrected chi connectivity index (χ4v) is 2.41. The highest BCUT2D eigenvalue weighted by atomic mass is 35.5. The van der Waals surface area contributed by atoms with Crippen LogP contribution in [-0.2, 0) is 9.59 Å². The van der Waals surface area contributed by atoms with Crippen LogP contribution in [0.5, 0.6) is 0 Å². The van der Waals surface area contributed by atoms with Crippen molar-refractivity contribution in [2.24, 2.45) is 5.73 Å². The van der Waals surface area contributed by atoms with Gasteiger partial charge in [0.25, 0.3) is 0 Å².